The van der Waals surface area contributed by atoms with Crippen LogP contribution in [0, 0.1) is 0 Å². The zero-order valence-corrected chi connectivity index (χ0v) is 17.3. The highest BCUT2D eigenvalue weighted by molar-refractivity contribution is 6.31. The van der Waals surface area contributed by atoms with E-state index in [1.807, 2.05) is 0 Å². The highest BCUT2D eigenvalue weighted by atomic mass is 35.5. The number of hydrogen-bond donors (Lipinski definition) is 1. The van der Waals surface area contributed by atoms with Gasteiger partial charge in [-0.25, -0.2) is 9.97 Å². The molecule has 1 aromatic carbocycles. The van der Waals surface area contributed by atoms with Gasteiger partial charge in [0.2, 0.25) is 17.6 Å². The van der Waals surface area contributed by atoms with Gasteiger partial charge in [0.1, 0.15) is 0 Å². The van der Waals surface area contributed by atoms with Gasteiger partial charge in [-0.1, -0.05) is 18.2 Å². The normalized spacial score (nSPS) is 18.4. The first kappa shape index (κ1) is 22.2. The van der Waals surface area contributed by atoms with Crippen molar-refractivity contribution < 1.29 is 27.1 Å². The lowest BCUT2D eigenvalue weighted by atomic mass is 9.82. The van der Waals surface area contributed by atoms with Gasteiger partial charge in [0.05, 0.1) is 11.6 Å². The molecule has 2 aromatic heterocycles. The number of nitrogens with zero attached hydrogens (tertiary/aromatic N) is 4. The summed E-state index contributed by atoms with van der Waals surface area (Å²) in [6, 6.07) is 5.08. The molecular formula is C20H17ClF3N5O3. The van der Waals surface area contributed by atoms with Crippen molar-refractivity contribution in [1.82, 2.24) is 25.5 Å². The van der Waals surface area contributed by atoms with Gasteiger partial charge in [-0.2, -0.15) is 0 Å². The number of amides is 1. The van der Waals surface area contributed by atoms with Crippen molar-refractivity contribution in [2.24, 2.45) is 0 Å². The number of carbonyl (C=O) groups is 1. The summed E-state index contributed by atoms with van der Waals surface area (Å²) in [6.07, 6.45) is -3.40. The molecular weight excluding hydrogens is 451 g/mol. The van der Waals surface area contributed by atoms with Crippen LogP contribution in [-0.2, 0) is 4.74 Å². The van der Waals surface area contributed by atoms with Crippen molar-refractivity contribution in [3.63, 3.8) is 0 Å². The molecule has 1 aliphatic carbocycles. The Hall–Kier alpha value is -3.05. The number of benzene rings is 1. The first-order valence-corrected chi connectivity index (χ1v) is 10.0. The molecule has 1 aliphatic rings. The van der Waals surface area contributed by atoms with E-state index in [1.54, 1.807) is 18.2 Å². The maximum Gasteiger partial charge on any atom is 0.522 e. The fourth-order valence-corrected chi connectivity index (χ4v) is 3.40. The molecule has 12 heteroatoms. The predicted octanol–water partition coefficient (Wildman–Crippen LogP) is 4.28. The molecule has 2 heterocycles. The Morgan fingerprint density at radius 1 is 1.31 bits per heavy atom. The van der Waals surface area contributed by atoms with Crippen LogP contribution >= 0.6 is 11.6 Å². The number of ether oxygens (including phenoxy) is 1. The first-order valence-electron chi connectivity index (χ1n) is 9.64. The van der Waals surface area contributed by atoms with Crippen molar-refractivity contribution in [3.05, 3.63) is 53.6 Å². The molecule has 0 spiro atoms. The second-order valence-electron chi connectivity index (χ2n) is 7.31. The van der Waals surface area contributed by atoms with Crippen LogP contribution < -0.4 is 5.32 Å². The minimum absolute atomic E-state index is 0.0196. The highest BCUT2D eigenvalue weighted by Crippen LogP contribution is 2.41. The zero-order valence-electron chi connectivity index (χ0n) is 16.5. The fourth-order valence-electron chi connectivity index (χ4n) is 3.22. The fraction of sp³-hybridized carbons (Fsp3) is 0.350. The van der Waals surface area contributed by atoms with E-state index in [2.05, 4.69) is 36.8 Å². The van der Waals surface area contributed by atoms with E-state index in [0.29, 0.717) is 22.5 Å². The quantitative estimate of drug-likeness (QED) is 0.553. The van der Waals surface area contributed by atoms with E-state index in [9.17, 15) is 18.0 Å². The summed E-state index contributed by atoms with van der Waals surface area (Å²) in [5.41, 5.74) is 1.08. The van der Waals surface area contributed by atoms with Gasteiger partial charge in [0, 0.05) is 34.6 Å². The highest BCUT2D eigenvalue weighted by Gasteiger charge is 2.42. The summed E-state index contributed by atoms with van der Waals surface area (Å²) in [5.74, 6) is -0.293. The van der Waals surface area contributed by atoms with Crippen LogP contribution in [-0.4, -0.2) is 45.1 Å². The summed E-state index contributed by atoms with van der Waals surface area (Å²) in [4.78, 5) is 20.6. The molecule has 0 bridgehead atoms. The summed E-state index contributed by atoms with van der Waals surface area (Å²) >= 11 is 5.92. The minimum Gasteiger partial charge on any atom is -0.421 e. The van der Waals surface area contributed by atoms with Crippen LogP contribution in [0.2, 0.25) is 5.02 Å². The van der Waals surface area contributed by atoms with Crippen LogP contribution in [0.4, 0.5) is 13.2 Å². The topological polar surface area (TPSA) is 103 Å². The molecule has 168 valence electrons. The Morgan fingerprint density at radius 2 is 2.09 bits per heavy atom. The Morgan fingerprint density at radius 3 is 2.84 bits per heavy atom. The van der Waals surface area contributed by atoms with E-state index in [1.165, 1.54) is 6.20 Å². The third-order valence-electron chi connectivity index (χ3n) is 4.94. The lowest BCUT2D eigenvalue weighted by Crippen LogP contribution is -2.34. The van der Waals surface area contributed by atoms with Gasteiger partial charge in [-0.05, 0) is 37.5 Å². The monoisotopic (exact) mass is 467 g/mol. The van der Waals surface area contributed by atoms with E-state index < -0.39 is 18.4 Å². The van der Waals surface area contributed by atoms with Gasteiger partial charge >= 0.3 is 6.36 Å². The summed E-state index contributed by atoms with van der Waals surface area (Å²) < 4.78 is 46.1. The second kappa shape index (κ2) is 8.83. The molecule has 0 saturated heterocycles. The smallest absolute Gasteiger partial charge is 0.421 e. The van der Waals surface area contributed by atoms with Crippen LogP contribution in [0.25, 0.3) is 16.5 Å². The maximum atomic E-state index is 12.3. The number of fused-ring (bicyclic) bond motifs is 1. The standard InChI is InChI=1S/C20H17ClF3N5O3/c1-10(18-28-29-19(31-18)11-7-14(8-11)32-20(22,23)24)4-5-25-17(30)16-26-9-12-6-13(21)2-3-15(12)27-16/h2-3,6,9,11,14H,1,4-5,7-8H2,(H,25,30). The van der Waals surface area contributed by atoms with E-state index in [0.717, 1.165) is 5.39 Å². The average Bonchev–Trinajstić information content (AvgIpc) is 3.18. The van der Waals surface area contributed by atoms with Crippen LogP contribution in [0.15, 0.2) is 35.4 Å². The molecule has 0 aliphatic heterocycles. The Bertz CT molecular complexity index is 1160. The van der Waals surface area contributed by atoms with E-state index in [4.69, 9.17) is 16.0 Å². The minimum atomic E-state index is -4.65. The number of halogens is 4. The largest absolute Gasteiger partial charge is 0.522 e. The number of hydrogen-bond acceptors (Lipinski definition) is 7. The molecule has 0 atom stereocenters. The van der Waals surface area contributed by atoms with Gasteiger partial charge in [0.15, 0.2) is 0 Å². The lowest BCUT2D eigenvalue weighted by Gasteiger charge is -2.32. The summed E-state index contributed by atoms with van der Waals surface area (Å²) in [6.45, 7) is 4.08. The van der Waals surface area contributed by atoms with Crippen molar-refractivity contribution in [2.75, 3.05) is 6.54 Å². The molecule has 1 fully saturated rings. The van der Waals surface area contributed by atoms with Crippen molar-refractivity contribution >= 4 is 34.0 Å². The summed E-state index contributed by atoms with van der Waals surface area (Å²) in [7, 11) is 0. The third kappa shape index (κ3) is 5.22. The molecule has 32 heavy (non-hydrogen) atoms. The molecule has 0 radical (unpaired) electrons. The average molecular weight is 468 g/mol. The number of rotatable bonds is 7. The Kier molecular flexibility index (Phi) is 6.11. The van der Waals surface area contributed by atoms with Crippen molar-refractivity contribution in [1.29, 1.82) is 0 Å². The first-order chi connectivity index (χ1) is 15.2. The van der Waals surface area contributed by atoms with Crippen LogP contribution in [0.5, 0.6) is 0 Å². The summed E-state index contributed by atoms with van der Waals surface area (Å²) in [5, 5.41) is 11.7. The maximum absolute atomic E-state index is 12.3. The lowest BCUT2D eigenvalue weighted by molar-refractivity contribution is -0.352. The predicted molar refractivity (Wildman–Crippen MR) is 108 cm³/mol. The van der Waals surface area contributed by atoms with Crippen molar-refractivity contribution in [3.8, 4) is 0 Å². The van der Waals surface area contributed by atoms with Gasteiger partial charge in [-0.3, -0.25) is 9.53 Å². The molecule has 8 nitrogen and oxygen atoms in total. The Balaban J connectivity index is 1.26. The SMILES string of the molecule is C=C(CCNC(=O)c1ncc2cc(Cl)ccc2n1)c1nnc(C2CC(OC(F)(F)F)C2)o1. The van der Waals surface area contributed by atoms with E-state index in [-0.39, 0.29) is 42.9 Å². The van der Waals surface area contributed by atoms with Crippen LogP contribution in [0.3, 0.4) is 0 Å². The van der Waals surface area contributed by atoms with Crippen molar-refractivity contribution in [2.45, 2.75) is 37.6 Å². The van der Waals surface area contributed by atoms with E-state index >= 15 is 0 Å². The van der Waals surface area contributed by atoms with Gasteiger partial charge in [-0.15, -0.1) is 23.4 Å². The van der Waals surface area contributed by atoms with Gasteiger partial charge < -0.3 is 9.73 Å². The molecule has 0 unspecified atom stereocenters. The second-order valence-corrected chi connectivity index (χ2v) is 7.74. The molecule has 1 N–H and O–H groups in total. The molecule has 1 saturated carbocycles. The Labute approximate surface area is 184 Å². The number of carbonyl (C=O) groups excluding carboxylic acids is 1. The number of nitrogens with one attached hydrogen (secondary N) is 1. The molecule has 1 amide bonds. The van der Waals surface area contributed by atoms with Gasteiger partial charge in [0.25, 0.3) is 5.91 Å². The molecule has 3 aromatic rings. The molecule has 4 rings (SSSR count). The van der Waals surface area contributed by atoms with Crippen LogP contribution in [0.1, 0.15) is 47.6 Å². The zero-order chi connectivity index (χ0) is 22.9. The number of aromatic nitrogens is 4. The third-order valence-corrected chi connectivity index (χ3v) is 5.18. The number of alkyl halides is 3.